The van der Waals surface area contributed by atoms with E-state index in [1.807, 2.05) is 37.4 Å². The summed E-state index contributed by atoms with van der Waals surface area (Å²) in [7, 11) is 4.13. The minimum Gasteiger partial charge on any atom is -0.375 e. The predicted molar refractivity (Wildman–Crippen MR) is 154 cm³/mol. The molecule has 0 fully saturated rings. The third-order valence-electron chi connectivity index (χ3n) is 5.99. The smallest absolute Gasteiger partial charge is 0.146 e. The van der Waals surface area contributed by atoms with E-state index in [0.717, 1.165) is 55.3 Å². The molecule has 0 aliphatic rings. The van der Waals surface area contributed by atoms with E-state index >= 15 is 0 Å². The fourth-order valence-corrected chi connectivity index (χ4v) is 3.65. The van der Waals surface area contributed by atoms with E-state index in [2.05, 4.69) is 91.4 Å². The lowest BCUT2D eigenvalue weighted by molar-refractivity contribution is -0.105. The zero-order chi connectivity index (χ0) is 25.5. The van der Waals surface area contributed by atoms with Gasteiger partial charge >= 0.3 is 0 Å². The van der Waals surface area contributed by atoms with Crippen LogP contribution in [0.5, 0.6) is 0 Å². The van der Waals surface area contributed by atoms with Crippen molar-refractivity contribution in [2.45, 2.75) is 45.7 Å². The maximum atomic E-state index is 11.4. The molecule has 2 rings (SSSR count). The van der Waals surface area contributed by atoms with Crippen molar-refractivity contribution in [1.29, 1.82) is 0 Å². The summed E-state index contributed by atoms with van der Waals surface area (Å²) in [5, 5.41) is 0. The van der Waals surface area contributed by atoms with E-state index in [9.17, 15) is 4.79 Å². The number of aldehydes is 1. The molecule has 0 spiro atoms. The van der Waals surface area contributed by atoms with Gasteiger partial charge in [-0.15, -0.1) is 0 Å². The summed E-state index contributed by atoms with van der Waals surface area (Å²) in [5.74, 6) is 0. The molecule has 0 heterocycles. The summed E-state index contributed by atoms with van der Waals surface area (Å²) in [5.41, 5.74) is 11.5. The Morgan fingerprint density at radius 1 is 0.886 bits per heavy atom. The van der Waals surface area contributed by atoms with E-state index in [0.29, 0.717) is 0 Å². The van der Waals surface area contributed by atoms with Gasteiger partial charge in [-0.2, -0.15) is 0 Å². The maximum absolute atomic E-state index is 11.4. The highest BCUT2D eigenvalue weighted by Crippen LogP contribution is 2.17. The second-order valence-corrected chi connectivity index (χ2v) is 8.74. The molecule has 2 aromatic carbocycles. The number of rotatable bonds is 14. The first kappa shape index (κ1) is 27.9. The van der Waals surface area contributed by atoms with Crippen LogP contribution >= 0.6 is 0 Å². The second-order valence-electron chi connectivity index (χ2n) is 8.74. The lowest BCUT2D eigenvalue weighted by Gasteiger charge is -2.25. The van der Waals surface area contributed by atoms with Crippen molar-refractivity contribution in [3.05, 3.63) is 95.6 Å². The highest BCUT2D eigenvalue weighted by Gasteiger charge is 2.07. The van der Waals surface area contributed by atoms with E-state index < -0.39 is 0 Å². The van der Waals surface area contributed by atoms with Crippen molar-refractivity contribution in [2.75, 3.05) is 30.4 Å². The topological polar surface area (TPSA) is 49.6 Å². The molecule has 1 unspecified atom stereocenters. The SMILES string of the molecule is CCCN(C)c1ccc(C=CC=CCCC(C=O)=CC=Cc2ccc(N(C)C(N)CC)cc2)cc1. The Balaban J connectivity index is 1.81. The van der Waals surface area contributed by atoms with Crippen molar-refractivity contribution >= 4 is 29.8 Å². The molecule has 0 bridgehead atoms. The quantitative estimate of drug-likeness (QED) is 0.142. The number of nitrogens with two attached hydrogens (primary N) is 1. The van der Waals surface area contributed by atoms with Crippen molar-refractivity contribution in [3.63, 3.8) is 0 Å². The molecule has 0 radical (unpaired) electrons. The fourth-order valence-electron chi connectivity index (χ4n) is 3.65. The van der Waals surface area contributed by atoms with Crippen molar-refractivity contribution in [2.24, 2.45) is 5.73 Å². The number of benzene rings is 2. The first-order valence-corrected chi connectivity index (χ1v) is 12.5. The number of hydrogen-bond donors (Lipinski definition) is 1. The van der Waals surface area contributed by atoms with Gasteiger partial charge in [-0.1, -0.05) is 80.6 Å². The van der Waals surface area contributed by atoms with Crippen LogP contribution in [0.2, 0.25) is 0 Å². The highest BCUT2D eigenvalue weighted by atomic mass is 16.1. The van der Waals surface area contributed by atoms with Gasteiger partial charge in [-0.3, -0.25) is 4.79 Å². The Morgan fingerprint density at radius 3 is 2.06 bits per heavy atom. The van der Waals surface area contributed by atoms with E-state index in [1.165, 1.54) is 11.3 Å². The molecule has 4 heteroatoms. The van der Waals surface area contributed by atoms with Crippen LogP contribution in [0.15, 0.2) is 84.5 Å². The minimum absolute atomic E-state index is 0.0168. The molecule has 35 heavy (non-hydrogen) atoms. The fraction of sp³-hybridized carbons (Fsp3) is 0.323. The molecule has 2 N–H and O–H groups in total. The molecular formula is C31H41N3O. The van der Waals surface area contributed by atoms with Crippen LogP contribution in [-0.2, 0) is 4.79 Å². The van der Waals surface area contributed by atoms with Crippen LogP contribution in [0.25, 0.3) is 12.2 Å². The van der Waals surface area contributed by atoms with Crippen molar-refractivity contribution < 1.29 is 4.79 Å². The monoisotopic (exact) mass is 471 g/mol. The van der Waals surface area contributed by atoms with Crippen LogP contribution < -0.4 is 15.5 Å². The molecule has 0 saturated carbocycles. The molecule has 0 aliphatic carbocycles. The van der Waals surface area contributed by atoms with Gasteiger partial charge in [-0.05, 0) is 66.6 Å². The van der Waals surface area contributed by atoms with Crippen LogP contribution in [0.4, 0.5) is 11.4 Å². The zero-order valence-electron chi connectivity index (χ0n) is 21.7. The number of nitrogens with zero attached hydrogens (tertiary/aromatic N) is 2. The number of anilines is 2. The molecular weight excluding hydrogens is 430 g/mol. The average Bonchev–Trinajstić information content (AvgIpc) is 2.89. The van der Waals surface area contributed by atoms with Gasteiger partial charge in [-0.25, -0.2) is 0 Å². The molecule has 2 aromatic rings. The van der Waals surface area contributed by atoms with E-state index in [4.69, 9.17) is 5.73 Å². The van der Waals surface area contributed by atoms with Crippen molar-refractivity contribution in [1.82, 2.24) is 0 Å². The van der Waals surface area contributed by atoms with Crippen LogP contribution in [-0.4, -0.2) is 33.1 Å². The van der Waals surface area contributed by atoms with Crippen molar-refractivity contribution in [3.8, 4) is 0 Å². The molecule has 0 amide bonds. The van der Waals surface area contributed by atoms with Gasteiger partial charge in [0, 0.05) is 32.0 Å². The van der Waals surface area contributed by atoms with Crippen LogP contribution in [0.3, 0.4) is 0 Å². The summed E-state index contributed by atoms with van der Waals surface area (Å²) in [4.78, 5) is 15.8. The second kappa shape index (κ2) is 15.5. The van der Waals surface area contributed by atoms with E-state index in [1.54, 1.807) is 0 Å². The predicted octanol–water partition coefficient (Wildman–Crippen LogP) is 6.85. The van der Waals surface area contributed by atoms with Gasteiger partial charge < -0.3 is 15.5 Å². The Morgan fingerprint density at radius 2 is 1.49 bits per heavy atom. The van der Waals surface area contributed by atoms with Gasteiger partial charge in [0.1, 0.15) is 6.29 Å². The lowest BCUT2D eigenvalue weighted by Crippen LogP contribution is -2.38. The number of carbonyl (C=O) groups excluding carboxylic acids is 1. The first-order chi connectivity index (χ1) is 17.0. The third kappa shape index (κ3) is 9.79. The summed E-state index contributed by atoms with van der Waals surface area (Å²) >= 11 is 0. The normalized spacial score (nSPS) is 13.1. The summed E-state index contributed by atoms with van der Waals surface area (Å²) < 4.78 is 0. The molecule has 0 aliphatic heterocycles. The van der Waals surface area contributed by atoms with Gasteiger partial charge in [0.2, 0.25) is 0 Å². The summed E-state index contributed by atoms with van der Waals surface area (Å²) in [6.07, 6.45) is 18.6. The lowest BCUT2D eigenvalue weighted by atomic mass is 10.1. The Bertz CT molecular complexity index is 1000. The zero-order valence-corrected chi connectivity index (χ0v) is 21.7. The van der Waals surface area contributed by atoms with Crippen LogP contribution in [0.1, 0.15) is 50.7 Å². The number of carbonyl (C=O) groups is 1. The number of allylic oxidation sites excluding steroid dienone is 6. The molecule has 0 saturated heterocycles. The Labute approximate surface area is 212 Å². The maximum Gasteiger partial charge on any atom is 0.146 e. The highest BCUT2D eigenvalue weighted by molar-refractivity contribution is 5.74. The van der Waals surface area contributed by atoms with E-state index in [-0.39, 0.29) is 6.17 Å². The van der Waals surface area contributed by atoms with Gasteiger partial charge in [0.25, 0.3) is 0 Å². The molecule has 0 aromatic heterocycles. The molecule has 1 atom stereocenters. The minimum atomic E-state index is 0.0168. The third-order valence-corrected chi connectivity index (χ3v) is 5.99. The molecule has 4 nitrogen and oxygen atoms in total. The standard InChI is InChI=1S/C31H41N3O/c1-5-24-33(3)29-20-16-26(17-21-29)12-9-7-8-10-13-28(25-35)15-11-14-27-18-22-30(23-19-27)34(4)31(32)6-2/h7-9,11-12,14-23,25,31H,5-6,10,13,24,32H2,1-4H3. The Hall–Kier alpha value is -3.37. The molecule has 186 valence electrons. The first-order valence-electron chi connectivity index (χ1n) is 12.5. The van der Waals surface area contributed by atoms with Gasteiger partial charge in [0.05, 0.1) is 6.17 Å². The van der Waals surface area contributed by atoms with Crippen LogP contribution in [0, 0.1) is 0 Å². The van der Waals surface area contributed by atoms with Gasteiger partial charge in [0.15, 0.2) is 0 Å². The Kier molecular flexibility index (Phi) is 12.4. The average molecular weight is 472 g/mol. The summed E-state index contributed by atoms with van der Waals surface area (Å²) in [6, 6.07) is 16.8. The number of hydrogen-bond acceptors (Lipinski definition) is 4. The summed E-state index contributed by atoms with van der Waals surface area (Å²) in [6.45, 7) is 5.33. The largest absolute Gasteiger partial charge is 0.375 e.